The number of hydrogen-bond donors (Lipinski definition) is 1. The van der Waals surface area contributed by atoms with Crippen molar-refractivity contribution in [1.29, 1.82) is 0 Å². The van der Waals surface area contributed by atoms with Crippen LogP contribution in [0, 0.1) is 23.7 Å². The minimum Gasteiger partial charge on any atom is -0.508 e. The lowest BCUT2D eigenvalue weighted by atomic mass is 9.44. The maximum Gasteiger partial charge on any atom is 0.238 e. The third kappa shape index (κ3) is 5.82. The first-order valence-corrected chi connectivity index (χ1v) is 19.5. The molecule has 3 aliphatic carbocycles. The van der Waals surface area contributed by atoms with Gasteiger partial charge in [-0.05, 0) is 89.6 Å². The van der Waals surface area contributed by atoms with Gasteiger partial charge in [-0.15, -0.1) is 0 Å². The average Bonchev–Trinajstić information content (AvgIpc) is 3.52. The molecule has 0 spiro atoms. The molecule has 8 heteroatoms. The number of benzene rings is 5. The fourth-order valence-electron chi connectivity index (χ4n) is 10.1. The van der Waals surface area contributed by atoms with Crippen molar-refractivity contribution in [3.05, 3.63) is 173 Å². The summed E-state index contributed by atoms with van der Waals surface area (Å²) in [6.07, 6.45) is 7.94. The fraction of sp³-hybridized carbons (Fsp3) is 0.200. The van der Waals surface area contributed by atoms with Gasteiger partial charge < -0.3 is 14.6 Å². The summed E-state index contributed by atoms with van der Waals surface area (Å²) in [6.45, 7) is 0. The molecule has 1 aliphatic heterocycles. The van der Waals surface area contributed by atoms with E-state index in [1.807, 2.05) is 109 Å². The molecule has 5 aromatic carbocycles. The van der Waals surface area contributed by atoms with Crippen LogP contribution < -0.4 is 14.4 Å². The van der Waals surface area contributed by atoms with Crippen LogP contribution in [0.25, 0.3) is 17.7 Å². The molecular formula is C50H41NO7. The lowest BCUT2D eigenvalue weighted by Crippen LogP contribution is -2.58. The van der Waals surface area contributed by atoms with Gasteiger partial charge in [0.05, 0.1) is 37.2 Å². The number of rotatable bonds is 8. The van der Waals surface area contributed by atoms with Crippen LogP contribution in [0.4, 0.5) is 5.69 Å². The summed E-state index contributed by atoms with van der Waals surface area (Å²) in [5.74, 6) is -2.78. The molecule has 1 saturated carbocycles. The number of carbonyl (C=O) groups excluding carboxylic acids is 4. The average molecular weight is 768 g/mol. The Morgan fingerprint density at radius 1 is 0.741 bits per heavy atom. The Morgan fingerprint density at radius 2 is 1.45 bits per heavy atom. The predicted octanol–water partition coefficient (Wildman–Crippen LogP) is 8.61. The van der Waals surface area contributed by atoms with Gasteiger partial charge in [0.25, 0.3) is 0 Å². The largest absolute Gasteiger partial charge is 0.508 e. The minimum atomic E-state index is -1.33. The molecule has 0 bridgehead atoms. The Kier molecular flexibility index (Phi) is 9.27. The number of ketones is 2. The van der Waals surface area contributed by atoms with Crippen LogP contribution >= 0.6 is 0 Å². The fourth-order valence-corrected chi connectivity index (χ4v) is 10.1. The van der Waals surface area contributed by atoms with Crippen LogP contribution in [0.2, 0.25) is 0 Å². The van der Waals surface area contributed by atoms with E-state index in [9.17, 15) is 14.7 Å². The summed E-state index contributed by atoms with van der Waals surface area (Å²) in [4.78, 5) is 60.7. The number of nitrogens with zero attached hydrogens (tertiary/aromatic N) is 1. The molecule has 288 valence electrons. The first kappa shape index (κ1) is 36.8. The number of methoxy groups -OCH3 is 2. The molecule has 6 atom stereocenters. The number of hydrogen-bond acceptors (Lipinski definition) is 7. The highest BCUT2D eigenvalue weighted by molar-refractivity contribution is 6.32. The van der Waals surface area contributed by atoms with Crippen LogP contribution in [-0.2, 0) is 24.6 Å². The van der Waals surface area contributed by atoms with Crippen molar-refractivity contribution < 1.29 is 33.8 Å². The van der Waals surface area contributed by atoms with Crippen LogP contribution in [0.3, 0.4) is 0 Å². The monoisotopic (exact) mass is 767 g/mol. The van der Waals surface area contributed by atoms with Crippen molar-refractivity contribution in [2.75, 3.05) is 19.1 Å². The second-order valence-corrected chi connectivity index (χ2v) is 15.4. The van der Waals surface area contributed by atoms with Gasteiger partial charge in [-0.2, -0.15) is 0 Å². The standard InChI is InChI=1S/C50H41NO7/c1-57-37-23-26-43(58-2)33(27-37)16-13-30-14-19-35(20-15-30)51-48(55)39-25-24-38-41(45(39)49(51)56)28-42-47(54)40(31-9-5-3-6-10-31)29-44(53)50(42,34-11-7-4-8-12-34)46(38)32-17-21-36(52)22-18-32/h3-24,26-27,29,39,41-42,45-46,52H,25,28H2,1-2H3. The number of allylic oxidation sites excluding steroid dienone is 4. The Morgan fingerprint density at radius 3 is 2.14 bits per heavy atom. The summed E-state index contributed by atoms with van der Waals surface area (Å²) in [6, 6.07) is 38.4. The zero-order chi connectivity index (χ0) is 40.1. The molecule has 58 heavy (non-hydrogen) atoms. The number of carbonyl (C=O) groups is 4. The van der Waals surface area contributed by atoms with E-state index in [2.05, 4.69) is 0 Å². The molecule has 4 aliphatic rings. The number of imide groups is 1. The second-order valence-electron chi connectivity index (χ2n) is 15.4. The highest BCUT2D eigenvalue weighted by Gasteiger charge is 2.66. The van der Waals surface area contributed by atoms with E-state index in [0.29, 0.717) is 34.7 Å². The number of ether oxygens (including phenoxy) is 2. The van der Waals surface area contributed by atoms with E-state index in [-0.39, 0.29) is 35.6 Å². The topological polar surface area (TPSA) is 110 Å². The molecule has 5 aromatic rings. The lowest BCUT2D eigenvalue weighted by Gasteiger charge is -2.55. The Balaban J connectivity index is 1.11. The highest BCUT2D eigenvalue weighted by Crippen LogP contribution is 2.63. The van der Waals surface area contributed by atoms with Crippen molar-refractivity contribution in [3.63, 3.8) is 0 Å². The zero-order valence-electron chi connectivity index (χ0n) is 32.1. The van der Waals surface area contributed by atoms with Crippen LogP contribution in [0.15, 0.2) is 145 Å². The molecule has 1 N–H and O–H groups in total. The summed E-state index contributed by atoms with van der Waals surface area (Å²) >= 11 is 0. The van der Waals surface area contributed by atoms with Gasteiger partial charge in [-0.25, -0.2) is 0 Å². The smallest absolute Gasteiger partial charge is 0.238 e. The Labute approximate surface area is 336 Å². The summed E-state index contributed by atoms with van der Waals surface area (Å²) in [7, 11) is 3.22. The minimum absolute atomic E-state index is 0.0742. The molecule has 2 fully saturated rings. The Hall–Kier alpha value is -6.80. The van der Waals surface area contributed by atoms with Gasteiger partial charge >= 0.3 is 0 Å². The lowest BCUT2D eigenvalue weighted by molar-refractivity contribution is -0.135. The number of phenols is 1. The first-order valence-electron chi connectivity index (χ1n) is 19.5. The van der Waals surface area contributed by atoms with E-state index < -0.39 is 35.0 Å². The van der Waals surface area contributed by atoms with Crippen molar-refractivity contribution in [2.24, 2.45) is 23.7 Å². The molecule has 9 rings (SSSR count). The SMILES string of the molecule is COc1ccc(OC)c(C=Cc2ccc(N3C(=O)C4CC=C5C(CC6C(=O)C(c7ccccc7)=CC(=O)C6(c6ccccc6)C5c5ccc(O)cc5)C4C3=O)cc2)c1. The first-order chi connectivity index (χ1) is 28.2. The summed E-state index contributed by atoms with van der Waals surface area (Å²) in [5.41, 5.74) is 4.20. The van der Waals surface area contributed by atoms with E-state index >= 15 is 9.59 Å². The number of Topliss-reactive ketones (excluding diaryl/α,β-unsaturated/α-hetero) is 1. The van der Waals surface area contributed by atoms with Crippen LogP contribution in [0.5, 0.6) is 17.2 Å². The maximum atomic E-state index is 15.2. The molecule has 6 unspecified atom stereocenters. The van der Waals surface area contributed by atoms with E-state index in [1.165, 1.54) is 11.0 Å². The molecular weight excluding hydrogens is 727 g/mol. The van der Waals surface area contributed by atoms with Crippen molar-refractivity contribution in [3.8, 4) is 17.2 Å². The van der Waals surface area contributed by atoms with Crippen molar-refractivity contribution in [1.82, 2.24) is 0 Å². The number of aromatic hydroxyl groups is 1. The van der Waals surface area contributed by atoms with E-state index in [4.69, 9.17) is 9.47 Å². The molecule has 2 amide bonds. The molecule has 0 radical (unpaired) electrons. The quantitative estimate of drug-likeness (QED) is 0.0957. The third-order valence-electron chi connectivity index (χ3n) is 12.6. The van der Waals surface area contributed by atoms with Crippen LogP contribution in [0.1, 0.15) is 46.6 Å². The number of amides is 2. The van der Waals surface area contributed by atoms with E-state index in [1.54, 1.807) is 50.6 Å². The van der Waals surface area contributed by atoms with Gasteiger partial charge in [-0.3, -0.25) is 24.1 Å². The zero-order valence-corrected chi connectivity index (χ0v) is 32.1. The molecule has 1 heterocycles. The summed E-state index contributed by atoms with van der Waals surface area (Å²) < 4.78 is 10.9. The van der Waals surface area contributed by atoms with E-state index in [0.717, 1.165) is 27.8 Å². The van der Waals surface area contributed by atoms with Gasteiger partial charge in [-0.1, -0.05) is 109 Å². The maximum absolute atomic E-state index is 15.2. The van der Waals surface area contributed by atoms with Crippen LogP contribution in [-0.4, -0.2) is 42.7 Å². The number of anilines is 1. The van der Waals surface area contributed by atoms with Gasteiger partial charge in [0.2, 0.25) is 11.8 Å². The van der Waals surface area contributed by atoms with Crippen molar-refractivity contribution in [2.45, 2.75) is 24.2 Å². The number of fused-ring (bicyclic) bond motifs is 4. The normalized spacial score (nSPS) is 25.1. The summed E-state index contributed by atoms with van der Waals surface area (Å²) in [5, 5.41) is 10.4. The molecule has 0 aromatic heterocycles. The molecule has 8 nitrogen and oxygen atoms in total. The Bertz CT molecular complexity index is 2540. The predicted molar refractivity (Wildman–Crippen MR) is 222 cm³/mol. The highest BCUT2D eigenvalue weighted by atomic mass is 16.5. The third-order valence-corrected chi connectivity index (χ3v) is 12.6. The van der Waals surface area contributed by atoms with Gasteiger partial charge in [0.1, 0.15) is 17.2 Å². The van der Waals surface area contributed by atoms with Crippen molar-refractivity contribution >= 4 is 46.8 Å². The number of phenolic OH excluding ortho intramolecular Hbond substituents is 1. The second kappa shape index (κ2) is 14.6. The molecule has 1 saturated heterocycles. The van der Waals surface area contributed by atoms with Gasteiger partial charge in [0, 0.05) is 23.0 Å². The van der Waals surface area contributed by atoms with Gasteiger partial charge in [0.15, 0.2) is 11.6 Å².